The maximum atomic E-state index is 12.4. The first-order chi connectivity index (χ1) is 12.5. The summed E-state index contributed by atoms with van der Waals surface area (Å²) in [5.74, 6) is 0.745. The molecule has 0 saturated carbocycles. The van der Waals surface area contributed by atoms with Crippen LogP contribution in [0.1, 0.15) is 41.4 Å². The highest BCUT2D eigenvalue weighted by molar-refractivity contribution is 5.94. The summed E-state index contributed by atoms with van der Waals surface area (Å²) >= 11 is 0. The first-order valence-electron chi connectivity index (χ1n) is 8.81. The fourth-order valence-corrected chi connectivity index (χ4v) is 3.04. The van der Waals surface area contributed by atoms with Crippen LogP contribution in [0.3, 0.4) is 0 Å². The quantitative estimate of drug-likeness (QED) is 0.639. The van der Waals surface area contributed by atoms with E-state index in [1.807, 2.05) is 54.1 Å². The van der Waals surface area contributed by atoms with Crippen molar-refractivity contribution in [3.63, 3.8) is 0 Å². The molecule has 0 aliphatic heterocycles. The van der Waals surface area contributed by atoms with Gasteiger partial charge in [-0.1, -0.05) is 37.3 Å². The Morgan fingerprint density at radius 2 is 1.88 bits per heavy atom. The zero-order chi connectivity index (χ0) is 18.7. The van der Waals surface area contributed by atoms with Crippen LogP contribution in [0.5, 0.6) is 0 Å². The lowest BCUT2D eigenvalue weighted by Gasteiger charge is -2.10. The van der Waals surface area contributed by atoms with Gasteiger partial charge >= 0.3 is 0 Å². The van der Waals surface area contributed by atoms with Gasteiger partial charge in [-0.05, 0) is 25.0 Å². The monoisotopic (exact) mass is 349 g/mol. The molecule has 3 rings (SSSR count). The number of aromatic nitrogens is 3. The van der Waals surface area contributed by atoms with Gasteiger partial charge in [-0.2, -0.15) is 0 Å². The number of benzene rings is 1. The Morgan fingerprint density at radius 3 is 2.54 bits per heavy atom. The molecule has 0 saturated heterocycles. The van der Waals surface area contributed by atoms with Gasteiger partial charge in [0.25, 0.3) is 5.56 Å². The first-order valence-corrected chi connectivity index (χ1v) is 8.81. The van der Waals surface area contributed by atoms with E-state index in [4.69, 9.17) is 0 Å². The number of rotatable bonds is 6. The number of ketones is 1. The van der Waals surface area contributed by atoms with Crippen molar-refractivity contribution in [2.45, 2.75) is 33.2 Å². The van der Waals surface area contributed by atoms with Gasteiger partial charge in [-0.25, -0.2) is 4.98 Å². The maximum Gasteiger partial charge on any atom is 0.253 e. The second-order valence-electron chi connectivity index (χ2n) is 6.56. The molecule has 5 heteroatoms. The lowest BCUT2D eigenvalue weighted by Crippen LogP contribution is -2.18. The lowest BCUT2D eigenvalue weighted by molar-refractivity contribution is 0.0977. The molecule has 0 spiro atoms. The van der Waals surface area contributed by atoms with E-state index in [0.717, 1.165) is 17.5 Å². The number of imidazole rings is 1. The Hall–Kier alpha value is -2.95. The Morgan fingerprint density at radius 1 is 1.15 bits per heavy atom. The van der Waals surface area contributed by atoms with Crippen molar-refractivity contribution in [2.75, 3.05) is 0 Å². The highest BCUT2D eigenvalue weighted by atomic mass is 16.1. The molecule has 0 unspecified atom stereocenters. The molecule has 2 heterocycles. The number of Topliss-reactive ketones (excluding diaryl/α,β-unsaturated/α-hetero) is 1. The molecule has 3 aromatic rings. The van der Waals surface area contributed by atoms with Crippen LogP contribution in [-0.4, -0.2) is 19.9 Å². The minimum Gasteiger partial charge on any atom is -0.326 e. The van der Waals surface area contributed by atoms with Crippen molar-refractivity contribution in [3.05, 3.63) is 76.0 Å². The first kappa shape index (κ1) is 17.9. The van der Waals surface area contributed by atoms with Gasteiger partial charge in [0, 0.05) is 43.5 Å². The van der Waals surface area contributed by atoms with Crippen molar-refractivity contribution in [3.8, 4) is 11.4 Å². The van der Waals surface area contributed by atoms with Crippen LogP contribution in [0.15, 0.2) is 53.6 Å². The summed E-state index contributed by atoms with van der Waals surface area (Å²) in [6.45, 7) is 4.39. The largest absolute Gasteiger partial charge is 0.326 e. The average molecular weight is 349 g/mol. The zero-order valence-electron chi connectivity index (χ0n) is 15.4. The van der Waals surface area contributed by atoms with Crippen LogP contribution in [0.4, 0.5) is 0 Å². The van der Waals surface area contributed by atoms with Crippen LogP contribution in [0, 0.1) is 6.92 Å². The number of pyridine rings is 1. The Bertz CT molecular complexity index is 958. The standard InChI is InChI=1S/C21H23N3O2/c1-4-8-19(25)18-14-24(12-16-9-6-5-7-10-16)20(22-18)17-11-15(2)21(26)23(3)13-17/h5-7,9-11,13-14H,4,8,12H2,1-3H3. The fourth-order valence-electron chi connectivity index (χ4n) is 3.04. The molecule has 134 valence electrons. The smallest absolute Gasteiger partial charge is 0.253 e. The summed E-state index contributed by atoms with van der Waals surface area (Å²) in [4.78, 5) is 29.0. The summed E-state index contributed by atoms with van der Waals surface area (Å²) in [6.07, 6.45) is 4.86. The summed E-state index contributed by atoms with van der Waals surface area (Å²) in [6, 6.07) is 11.9. The van der Waals surface area contributed by atoms with Gasteiger partial charge < -0.3 is 9.13 Å². The number of aryl methyl sites for hydroxylation is 2. The molecule has 0 bridgehead atoms. The Balaban J connectivity index is 2.10. The normalized spacial score (nSPS) is 10.9. The molecule has 0 radical (unpaired) electrons. The van der Waals surface area contributed by atoms with E-state index in [1.165, 1.54) is 0 Å². The van der Waals surface area contributed by atoms with Gasteiger partial charge in [0.2, 0.25) is 0 Å². The van der Waals surface area contributed by atoms with Gasteiger partial charge in [-0.3, -0.25) is 9.59 Å². The van der Waals surface area contributed by atoms with Gasteiger partial charge in [0.05, 0.1) is 0 Å². The van der Waals surface area contributed by atoms with E-state index in [9.17, 15) is 9.59 Å². The molecule has 0 amide bonds. The van der Waals surface area contributed by atoms with E-state index in [1.54, 1.807) is 24.7 Å². The highest BCUT2D eigenvalue weighted by Gasteiger charge is 2.16. The predicted octanol–water partition coefficient (Wildman–Crippen LogP) is 3.59. The van der Waals surface area contributed by atoms with Crippen LogP contribution >= 0.6 is 0 Å². The second kappa shape index (κ2) is 7.52. The zero-order valence-corrected chi connectivity index (χ0v) is 15.4. The van der Waals surface area contributed by atoms with Crippen molar-refractivity contribution in [1.29, 1.82) is 0 Å². The topological polar surface area (TPSA) is 56.9 Å². The van der Waals surface area contributed by atoms with Crippen molar-refractivity contribution >= 4 is 5.78 Å². The van der Waals surface area contributed by atoms with E-state index in [-0.39, 0.29) is 11.3 Å². The number of hydrogen-bond donors (Lipinski definition) is 0. The van der Waals surface area contributed by atoms with E-state index in [0.29, 0.717) is 30.0 Å². The molecule has 1 aromatic carbocycles. The molecular weight excluding hydrogens is 326 g/mol. The molecular formula is C21H23N3O2. The molecule has 5 nitrogen and oxygen atoms in total. The third kappa shape index (κ3) is 3.67. The minimum absolute atomic E-state index is 0.0304. The van der Waals surface area contributed by atoms with Crippen LogP contribution in [-0.2, 0) is 13.6 Å². The summed E-state index contributed by atoms with van der Waals surface area (Å²) in [7, 11) is 1.73. The summed E-state index contributed by atoms with van der Waals surface area (Å²) in [5, 5.41) is 0. The van der Waals surface area contributed by atoms with E-state index >= 15 is 0 Å². The number of carbonyl (C=O) groups is 1. The lowest BCUT2D eigenvalue weighted by atomic mass is 10.2. The van der Waals surface area contributed by atoms with Crippen LogP contribution in [0.2, 0.25) is 0 Å². The third-order valence-electron chi connectivity index (χ3n) is 4.36. The van der Waals surface area contributed by atoms with Gasteiger partial charge in [-0.15, -0.1) is 0 Å². The molecule has 26 heavy (non-hydrogen) atoms. The summed E-state index contributed by atoms with van der Waals surface area (Å²) < 4.78 is 3.54. The predicted molar refractivity (Wildman–Crippen MR) is 102 cm³/mol. The van der Waals surface area contributed by atoms with Crippen LogP contribution < -0.4 is 5.56 Å². The SMILES string of the molecule is CCCC(=O)c1cn(Cc2ccccc2)c(-c2cc(C)c(=O)n(C)c2)n1. The number of nitrogens with zero attached hydrogens (tertiary/aromatic N) is 3. The molecule has 0 N–H and O–H groups in total. The van der Waals surface area contributed by atoms with Crippen molar-refractivity contribution in [2.24, 2.45) is 7.05 Å². The molecule has 0 fully saturated rings. The second-order valence-corrected chi connectivity index (χ2v) is 6.56. The Kier molecular flexibility index (Phi) is 5.16. The molecule has 0 aliphatic rings. The summed E-state index contributed by atoms with van der Waals surface area (Å²) in [5.41, 5.74) is 3.06. The Labute approximate surface area is 152 Å². The number of carbonyl (C=O) groups excluding carboxylic acids is 1. The number of hydrogen-bond acceptors (Lipinski definition) is 3. The van der Waals surface area contributed by atoms with E-state index in [2.05, 4.69) is 4.98 Å². The van der Waals surface area contributed by atoms with E-state index < -0.39 is 0 Å². The van der Waals surface area contributed by atoms with Crippen molar-refractivity contribution < 1.29 is 4.79 Å². The van der Waals surface area contributed by atoms with Crippen LogP contribution in [0.25, 0.3) is 11.4 Å². The van der Waals surface area contributed by atoms with Gasteiger partial charge in [0.1, 0.15) is 11.5 Å². The minimum atomic E-state index is -0.0304. The molecule has 2 aromatic heterocycles. The third-order valence-corrected chi connectivity index (χ3v) is 4.36. The molecule has 0 aliphatic carbocycles. The van der Waals surface area contributed by atoms with Crippen molar-refractivity contribution in [1.82, 2.24) is 14.1 Å². The highest BCUT2D eigenvalue weighted by Crippen LogP contribution is 2.21. The molecule has 0 atom stereocenters. The van der Waals surface area contributed by atoms with Gasteiger partial charge in [0.15, 0.2) is 5.78 Å². The maximum absolute atomic E-state index is 12.4. The fraction of sp³-hybridized carbons (Fsp3) is 0.286. The average Bonchev–Trinajstić information content (AvgIpc) is 3.04.